The quantitative estimate of drug-likeness (QED) is 0.815. The molecule has 0 saturated carbocycles. The molecule has 6 heteroatoms. The van der Waals surface area contributed by atoms with Gasteiger partial charge in [-0.3, -0.25) is 0 Å². The summed E-state index contributed by atoms with van der Waals surface area (Å²) in [5.41, 5.74) is 0.431. The minimum atomic E-state index is -0.963. The van der Waals surface area contributed by atoms with E-state index < -0.39 is 11.6 Å². The van der Waals surface area contributed by atoms with Crippen LogP contribution in [-0.2, 0) is 4.74 Å². The van der Waals surface area contributed by atoms with Gasteiger partial charge in [0.25, 0.3) is 0 Å². The second-order valence-corrected chi connectivity index (χ2v) is 8.52. The van der Waals surface area contributed by atoms with Crippen LogP contribution in [0.15, 0.2) is 18.2 Å². The number of hydrogen-bond donors (Lipinski definition) is 1. The van der Waals surface area contributed by atoms with Gasteiger partial charge in [-0.05, 0) is 63.3 Å². The molecule has 0 aliphatic carbocycles. The van der Waals surface area contributed by atoms with E-state index in [1.807, 2.05) is 26.8 Å². The highest BCUT2D eigenvalue weighted by atomic mass is 16.6. The van der Waals surface area contributed by atoms with E-state index in [4.69, 9.17) is 9.47 Å². The van der Waals surface area contributed by atoms with Gasteiger partial charge < -0.3 is 19.5 Å². The number of carboxylic acid groups (broad SMARTS) is 1. The Labute approximate surface area is 161 Å². The number of rotatable bonds is 5. The fourth-order valence-electron chi connectivity index (χ4n) is 3.15. The van der Waals surface area contributed by atoms with E-state index in [1.54, 1.807) is 17.0 Å². The first-order chi connectivity index (χ1) is 12.6. The summed E-state index contributed by atoms with van der Waals surface area (Å²) >= 11 is 0. The van der Waals surface area contributed by atoms with E-state index in [-0.39, 0.29) is 17.6 Å². The van der Waals surface area contributed by atoms with E-state index >= 15 is 0 Å². The van der Waals surface area contributed by atoms with E-state index in [0.29, 0.717) is 31.4 Å². The molecule has 0 aromatic heterocycles. The highest BCUT2D eigenvalue weighted by Gasteiger charge is 2.30. The van der Waals surface area contributed by atoms with E-state index in [0.717, 1.165) is 18.4 Å². The molecule has 1 aliphatic rings. The lowest BCUT2D eigenvalue weighted by molar-refractivity contribution is 0.0198. The third-order valence-corrected chi connectivity index (χ3v) is 4.35. The first kappa shape index (κ1) is 21.1. The smallest absolute Gasteiger partial charge is 0.410 e. The van der Waals surface area contributed by atoms with Gasteiger partial charge in [-0.2, -0.15) is 0 Å². The third-order valence-electron chi connectivity index (χ3n) is 4.35. The number of aromatic carboxylic acids is 1. The van der Waals surface area contributed by atoms with Crippen molar-refractivity contribution in [2.24, 2.45) is 5.92 Å². The summed E-state index contributed by atoms with van der Waals surface area (Å²) < 4.78 is 11.2. The Morgan fingerprint density at radius 1 is 1.30 bits per heavy atom. The van der Waals surface area contributed by atoms with Crippen LogP contribution in [0.3, 0.4) is 0 Å². The summed E-state index contributed by atoms with van der Waals surface area (Å²) in [6.45, 7) is 11.3. The average molecular weight is 377 g/mol. The molecule has 1 aromatic carbocycles. The number of likely N-dealkylation sites (tertiary alicyclic amines) is 1. The van der Waals surface area contributed by atoms with Crippen LogP contribution in [0.2, 0.25) is 0 Å². The van der Waals surface area contributed by atoms with Gasteiger partial charge in [0, 0.05) is 19.0 Å². The Balaban J connectivity index is 2.22. The molecule has 27 heavy (non-hydrogen) atoms. The normalized spacial score (nSPS) is 17.7. The molecule has 1 heterocycles. The molecule has 1 aliphatic heterocycles. The maximum Gasteiger partial charge on any atom is 0.410 e. The van der Waals surface area contributed by atoms with Crippen molar-refractivity contribution in [3.8, 4) is 5.75 Å². The van der Waals surface area contributed by atoms with Crippen molar-refractivity contribution < 1.29 is 24.2 Å². The minimum Gasteiger partial charge on any atom is -0.493 e. The topological polar surface area (TPSA) is 76.1 Å². The molecule has 0 spiro atoms. The summed E-state index contributed by atoms with van der Waals surface area (Å²) in [4.78, 5) is 25.8. The first-order valence-electron chi connectivity index (χ1n) is 9.55. The lowest BCUT2D eigenvalue weighted by atomic mass is 9.87. The zero-order chi connectivity index (χ0) is 20.2. The number of benzene rings is 1. The first-order valence-corrected chi connectivity index (χ1v) is 9.55. The molecule has 1 aromatic rings. The third kappa shape index (κ3) is 6.15. The Morgan fingerprint density at radius 2 is 2.00 bits per heavy atom. The van der Waals surface area contributed by atoms with Crippen molar-refractivity contribution >= 4 is 12.1 Å². The fraction of sp³-hybridized carbons (Fsp3) is 0.619. The number of ether oxygens (including phenoxy) is 2. The number of piperidine rings is 1. The Kier molecular flexibility index (Phi) is 6.73. The lowest BCUT2D eigenvalue weighted by Gasteiger charge is -2.34. The molecule has 150 valence electrons. The summed E-state index contributed by atoms with van der Waals surface area (Å²) in [5, 5.41) is 9.59. The molecule has 1 saturated heterocycles. The molecule has 2 rings (SSSR count). The summed E-state index contributed by atoms with van der Waals surface area (Å²) in [7, 11) is 0. The van der Waals surface area contributed by atoms with Crippen LogP contribution in [0, 0.1) is 5.92 Å². The predicted molar refractivity (Wildman–Crippen MR) is 104 cm³/mol. The van der Waals surface area contributed by atoms with Crippen molar-refractivity contribution in [1.82, 2.24) is 4.90 Å². The van der Waals surface area contributed by atoms with Gasteiger partial charge in [0.15, 0.2) is 0 Å². The number of carbonyl (C=O) groups excluding carboxylic acids is 1. The number of hydrogen-bond acceptors (Lipinski definition) is 4. The largest absolute Gasteiger partial charge is 0.493 e. The second kappa shape index (κ2) is 8.63. The predicted octanol–water partition coefficient (Wildman–Crippen LogP) is 4.53. The lowest BCUT2D eigenvalue weighted by Crippen LogP contribution is -2.42. The van der Waals surface area contributed by atoms with Crippen LogP contribution in [0.25, 0.3) is 0 Å². The molecular formula is C21H31NO5. The van der Waals surface area contributed by atoms with Crippen LogP contribution in [-0.4, -0.2) is 47.4 Å². The summed E-state index contributed by atoms with van der Waals surface area (Å²) in [6.07, 6.45) is 1.28. The molecule has 0 radical (unpaired) electrons. The SMILES string of the molecule is CC(C)COc1ccc(C(=O)O)c(C2CCCN(C(=O)OC(C)(C)C)C2)c1. The number of carbonyl (C=O) groups is 2. The van der Waals surface area contributed by atoms with Gasteiger partial charge in [0.05, 0.1) is 12.2 Å². The highest BCUT2D eigenvalue weighted by molar-refractivity contribution is 5.90. The van der Waals surface area contributed by atoms with Gasteiger partial charge >= 0.3 is 12.1 Å². The standard InChI is InChI=1S/C21H31NO5/c1-14(2)13-26-16-8-9-17(19(23)24)18(11-16)15-7-6-10-22(12-15)20(25)27-21(3,4)5/h8-9,11,14-15H,6-7,10,12-13H2,1-5H3,(H,23,24). The van der Waals surface area contributed by atoms with Gasteiger partial charge in [0.2, 0.25) is 0 Å². The summed E-state index contributed by atoms with van der Waals surface area (Å²) in [5.74, 6) is 0.0257. The molecule has 1 N–H and O–H groups in total. The van der Waals surface area contributed by atoms with Gasteiger partial charge in [-0.1, -0.05) is 13.8 Å². The zero-order valence-electron chi connectivity index (χ0n) is 16.9. The minimum absolute atomic E-state index is 0.0556. The Hall–Kier alpha value is -2.24. The zero-order valence-corrected chi connectivity index (χ0v) is 16.9. The fourth-order valence-corrected chi connectivity index (χ4v) is 3.15. The van der Waals surface area contributed by atoms with Crippen molar-refractivity contribution in [3.05, 3.63) is 29.3 Å². The van der Waals surface area contributed by atoms with Crippen LogP contribution in [0.5, 0.6) is 5.75 Å². The molecule has 1 atom stereocenters. The summed E-state index contributed by atoms with van der Waals surface area (Å²) in [6, 6.07) is 5.11. The highest BCUT2D eigenvalue weighted by Crippen LogP contribution is 2.32. The van der Waals surface area contributed by atoms with E-state index in [2.05, 4.69) is 13.8 Å². The van der Waals surface area contributed by atoms with E-state index in [1.165, 1.54) is 0 Å². The van der Waals surface area contributed by atoms with Crippen molar-refractivity contribution in [2.45, 2.75) is 59.0 Å². The van der Waals surface area contributed by atoms with Gasteiger partial charge in [-0.25, -0.2) is 9.59 Å². The molecule has 1 fully saturated rings. The van der Waals surface area contributed by atoms with E-state index in [9.17, 15) is 14.7 Å². The Morgan fingerprint density at radius 3 is 2.59 bits per heavy atom. The second-order valence-electron chi connectivity index (χ2n) is 8.52. The molecule has 1 unspecified atom stereocenters. The average Bonchev–Trinajstić information content (AvgIpc) is 2.58. The number of amides is 1. The maximum absolute atomic E-state index is 12.4. The van der Waals surface area contributed by atoms with Crippen molar-refractivity contribution in [1.29, 1.82) is 0 Å². The van der Waals surface area contributed by atoms with Crippen LogP contribution < -0.4 is 4.74 Å². The van der Waals surface area contributed by atoms with Gasteiger partial charge in [-0.15, -0.1) is 0 Å². The van der Waals surface area contributed by atoms with Crippen LogP contribution >= 0.6 is 0 Å². The van der Waals surface area contributed by atoms with Crippen molar-refractivity contribution in [2.75, 3.05) is 19.7 Å². The Bertz CT molecular complexity index is 678. The number of carboxylic acids is 1. The monoisotopic (exact) mass is 377 g/mol. The molecule has 1 amide bonds. The molecule has 0 bridgehead atoms. The van der Waals surface area contributed by atoms with Gasteiger partial charge in [0.1, 0.15) is 11.4 Å². The van der Waals surface area contributed by atoms with Crippen molar-refractivity contribution in [3.63, 3.8) is 0 Å². The van der Waals surface area contributed by atoms with Crippen LogP contribution in [0.1, 0.15) is 69.3 Å². The molecule has 6 nitrogen and oxygen atoms in total. The maximum atomic E-state index is 12.4. The van der Waals surface area contributed by atoms with Crippen LogP contribution in [0.4, 0.5) is 4.79 Å². The molecular weight excluding hydrogens is 346 g/mol. The number of nitrogens with zero attached hydrogens (tertiary/aromatic N) is 1.